The average Bonchev–Trinajstić information content (AvgIpc) is 2.40. The Kier molecular flexibility index (Phi) is 4.57. The number of piperidine rings is 1. The SMILES string of the molecule is C[C@H]1C[C@@H](C(=O)Nc2cc(C(C)(C)C)ccc2O)CCN1. The lowest BCUT2D eigenvalue weighted by molar-refractivity contribution is -0.120. The number of nitrogens with one attached hydrogen (secondary N) is 2. The summed E-state index contributed by atoms with van der Waals surface area (Å²) in [6, 6.07) is 5.79. The predicted octanol–water partition coefficient (Wildman–Crippen LogP) is 3.02. The molecule has 0 aromatic heterocycles. The van der Waals surface area contributed by atoms with Gasteiger partial charge in [-0.1, -0.05) is 26.8 Å². The molecule has 3 N–H and O–H groups in total. The van der Waals surface area contributed by atoms with Crippen molar-refractivity contribution in [2.75, 3.05) is 11.9 Å². The first-order valence-corrected chi connectivity index (χ1v) is 7.65. The van der Waals surface area contributed by atoms with Crippen LogP contribution in [0.2, 0.25) is 0 Å². The highest BCUT2D eigenvalue weighted by Gasteiger charge is 2.25. The maximum Gasteiger partial charge on any atom is 0.227 e. The van der Waals surface area contributed by atoms with E-state index < -0.39 is 0 Å². The third kappa shape index (κ3) is 3.97. The van der Waals surface area contributed by atoms with Gasteiger partial charge >= 0.3 is 0 Å². The molecule has 1 amide bonds. The molecule has 1 aliphatic heterocycles. The lowest BCUT2D eigenvalue weighted by Gasteiger charge is -2.27. The molecule has 2 rings (SSSR count). The fourth-order valence-corrected chi connectivity index (χ4v) is 2.71. The number of carbonyl (C=O) groups is 1. The molecular weight excluding hydrogens is 264 g/mol. The third-order valence-electron chi connectivity index (χ3n) is 4.11. The number of aromatic hydroxyl groups is 1. The van der Waals surface area contributed by atoms with Crippen LogP contribution in [-0.4, -0.2) is 23.6 Å². The van der Waals surface area contributed by atoms with Crippen LogP contribution in [0.3, 0.4) is 0 Å². The molecule has 0 unspecified atom stereocenters. The minimum Gasteiger partial charge on any atom is -0.506 e. The fourth-order valence-electron chi connectivity index (χ4n) is 2.71. The van der Waals surface area contributed by atoms with E-state index in [1.54, 1.807) is 6.07 Å². The Morgan fingerprint density at radius 2 is 2.10 bits per heavy atom. The topological polar surface area (TPSA) is 61.4 Å². The number of rotatable bonds is 2. The normalized spacial score (nSPS) is 22.9. The minimum absolute atomic E-state index is 0.00436. The number of anilines is 1. The van der Waals surface area contributed by atoms with Gasteiger partial charge in [-0.3, -0.25) is 4.79 Å². The van der Waals surface area contributed by atoms with Gasteiger partial charge in [0.1, 0.15) is 5.75 Å². The van der Waals surface area contributed by atoms with Crippen molar-refractivity contribution < 1.29 is 9.90 Å². The summed E-state index contributed by atoms with van der Waals surface area (Å²) in [7, 11) is 0. The molecular formula is C17H26N2O2. The lowest BCUT2D eigenvalue weighted by Crippen LogP contribution is -2.40. The molecule has 1 fully saturated rings. The van der Waals surface area contributed by atoms with Gasteiger partial charge in [-0.05, 0) is 49.4 Å². The third-order valence-corrected chi connectivity index (χ3v) is 4.11. The van der Waals surface area contributed by atoms with Gasteiger partial charge in [0.25, 0.3) is 0 Å². The lowest BCUT2D eigenvalue weighted by atomic mass is 9.86. The molecule has 1 heterocycles. The Morgan fingerprint density at radius 1 is 1.38 bits per heavy atom. The second-order valence-electron chi connectivity index (χ2n) is 7.05. The molecule has 0 saturated carbocycles. The summed E-state index contributed by atoms with van der Waals surface area (Å²) in [5, 5.41) is 16.2. The van der Waals surface area contributed by atoms with Crippen LogP contribution in [0.4, 0.5) is 5.69 Å². The van der Waals surface area contributed by atoms with Crippen LogP contribution in [0.15, 0.2) is 18.2 Å². The second kappa shape index (κ2) is 6.06. The van der Waals surface area contributed by atoms with E-state index in [-0.39, 0.29) is 23.0 Å². The molecule has 0 aliphatic carbocycles. The quantitative estimate of drug-likeness (QED) is 0.734. The van der Waals surface area contributed by atoms with Gasteiger partial charge in [0.15, 0.2) is 0 Å². The van der Waals surface area contributed by atoms with Gasteiger partial charge in [0, 0.05) is 12.0 Å². The van der Waals surface area contributed by atoms with Crippen molar-refractivity contribution in [1.29, 1.82) is 0 Å². The summed E-state index contributed by atoms with van der Waals surface area (Å²) in [5.74, 6) is 0.141. The molecule has 0 bridgehead atoms. The van der Waals surface area contributed by atoms with Crippen LogP contribution in [0, 0.1) is 5.92 Å². The van der Waals surface area contributed by atoms with Gasteiger partial charge in [-0.25, -0.2) is 0 Å². The van der Waals surface area contributed by atoms with Crippen LogP contribution in [0.1, 0.15) is 46.1 Å². The maximum atomic E-state index is 12.4. The number of hydrogen-bond donors (Lipinski definition) is 3. The van der Waals surface area contributed by atoms with Crippen LogP contribution in [-0.2, 0) is 10.2 Å². The van der Waals surface area contributed by atoms with Gasteiger partial charge in [-0.2, -0.15) is 0 Å². The minimum atomic E-state index is -0.0174. The van der Waals surface area contributed by atoms with Crippen LogP contribution < -0.4 is 10.6 Å². The smallest absolute Gasteiger partial charge is 0.227 e. The number of phenolic OH excluding ortho intramolecular Hbond substituents is 1. The Morgan fingerprint density at radius 3 is 2.71 bits per heavy atom. The predicted molar refractivity (Wildman–Crippen MR) is 85.6 cm³/mol. The molecule has 1 aliphatic rings. The molecule has 4 nitrogen and oxygen atoms in total. The molecule has 2 atom stereocenters. The van der Waals surface area contributed by atoms with E-state index in [1.165, 1.54) is 0 Å². The summed E-state index contributed by atoms with van der Waals surface area (Å²) < 4.78 is 0. The van der Waals surface area contributed by atoms with Crippen molar-refractivity contribution in [1.82, 2.24) is 5.32 Å². The Bertz CT molecular complexity index is 520. The summed E-state index contributed by atoms with van der Waals surface area (Å²) >= 11 is 0. The van der Waals surface area contributed by atoms with Crippen molar-refractivity contribution >= 4 is 11.6 Å². The standard InChI is InChI=1S/C17H26N2O2/c1-11-9-12(7-8-18-11)16(21)19-14-10-13(17(2,3)4)5-6-15(14)20/h5-6,10-12,18,20H,7-9H2,1-4H3,(H,19,21)/t11-,12-/m0/s1. The summed E-state index contributed by atoms with van der Waals surface area (Å²) in [6.45, 7) is 9.29. The van der Waals surface area contributed by atoms with E-state index in [1.807, 2.05) is 12.1 Å². The molecule has 1 aromatic carbocycles. The Hall–Kier alpha value is -1.55. The van der Waals surface area contributed by atoms with E-state index in [9.17, 15) is 9.90 Å². The zero-order valence-electron chi connectivity index (χ0n) is 13.4. The van der Waals surface area contributed by atoms with Crippen LogP contribution in [0.25, 0.3) is 0 Å². The van der Waals surface area contributed by atoms with Gasteiger partial charge in [0.05, 0.1) is 5.69 Å². The summed E-state index contributed by atoms with van der Waals surface area (Å²) in [4.78, 5) is 12.4. The first-order chi connectivity index (χ1) is 9.77. The number of benzene rings is 1. The molecule has 21 heavy (non-hydrogen) atoms. The molecule has 116 valence electrons. The zero-order chi connectivity index (χ0) is 15.6. The largest absolute Gasteiger partial charge is 0.506 e. The van der Waals surface area contributed by atoms with Crippen molar-refractivity contribution in [3.8, 4) is 5.75 Å². The van der Waals surface area contributed by atoms with Gasteiger partial charge < -0.3 is 15.7 Å². The average molecular weight is 290 g/mol. The molecule has 0 radical (unpaired) electrons. The van der Waals surface area contributed by atoms with Crippen LogP contribution >= 0.6 is 0 Å². The maximum absolute atomic E-state index is 12.4. The zero-order valence-corrected chi connectivity index (χ0v) is 13.4. The Labute approximate surface area is 126 Å². The Balaban J connectivity index is 2.13. The van der Waals surface area contributed by atoms with E-state index >= 15 is 0 Å². The first-order valence-electron chi connectivity index (χ1n) is 7.65. The van der Waals surface area contributed by atoms with E-state index in [4.69, 9.17) is 0 Å². The molecule has 1 aromatic rings. The highest BCUT2D eigenvalue weighted by atomic mass is 16.3. The monoisotopic (exact) mass is 290 g/mol. The molecule has 4 heteroatoms. The fraction of sp³-hybridized carbons (Fsp3) is 0.588. The summed E-state index contributed by atoms with van der Waals surface area (Å²) in [6.07, 6.45) is 1.68. The highest BCUT2D eigenvalue weighted by molar-refractivity contribution is 5.94. The van der Waals surface area contributed by atoms with Crippen molar-refractivity contribution in [2.45, 2.75) is 52.0 Å². The van der Waals surface area contributed by atoms with E-state index in [2.05, 4.69) is 38.3 Å². The number of phenols is 1. The number of hydrogen-bond acceptors (Lipinski definition) is 3. The van der Waals surface area contributed by atoms with Crippen LogP contribution in [0.5, 0.6) is 5.75 Å². The number of carbonyl (C=O) groups excluding carboxylic acids is 1. The first kappa shape index (κ1) is 15.8. The van der Waals surface area contributed by atoms with Crippen molar-refractivity contribution in [3.63, 3.8) is 0 Å². The van der Waals surface area contributed by atoms with Gasteiger partial charge in [-0.15, -0.1) is 0 Å². The molecule has 1 saturated heterocycles. The van der Waals surface area contributed by atoms with E-state index in [0.717, 1.165) is 24.9 Å². The van der Waals surface area contributed by atoms with Crippen molar-refractivity contribution in [2.24, 2.45) is 5.92 Å². The highest BCUT2D eigenvalue weighted by Crippen LogP contribution is 2.31. The van der Waals surface area contributed by atoms with E-state index in [0.29, 0.717) is 11.7 Å². The number of amides is 1. The van der Waals surface area contributed by atoms with Crippen molar-refractivity contribution in [3.05, 3.63) is 23.8 Å². The van der Waals surface area contributed by atoms with Gasteiger partial charge in [0.2, 0.25) is 5.91 Å². The molecule has 0 spiro atoms. The second-order valence-corrected chi connectivity index (χ2v) is 7.05. The summed E-state index contributed by atoms with van der Waals surface area (Å²) in [5.41, 5.74) is 1.59.